The molecule has 0 rings (SSSR count). The summed E-state index contributed by atoms with van der Waals surface area (Å²) >= 11 is 0. The van der Waals surface area contributed by atoms with Crippen molar-refractivity contribution >= 4 is 5.97 Å². The highest BCUT2D eigenvalue weighted by Gasteiger charge is 2.03. The summed E-state index contributed by atoms with van der Waals surface area (Å²) in [5.74, 6) is 0.958. The molecule has 37 heavy (non-hydrogen) atoms. The summed E-state index contributed by atoms with van der Waals surface area (Å²) in [4.78, 5) is 11.9. The largest absolute Gasteiger partial charge is 0.466 e. The molecule has 0 bridgehead atoms. The third-order valence-electron chi connectivity index (χ3n) is 8.14. The number of hydrogen-bond donors (Lipinski definition) is 0. The lowest BCUT2D eigenvalue weighted by atomic mass is 9.97. The number of ether oxygens (including phenoxy) is 1. The molecule has 0 aromatic carbocycles. The van der Waals surface area contributed by atoms with E-state index in [0.717, 1.165) is 18.8 Å². The molecule has 1 atom stereocenters. The maximum atomic E-state index is 11.9. The van der Waals surface area contributed by atoms with Crippen molar-refractivity contribution in [1.82, 2.24) is 0 Å². The minimum atomic E-state index is 0.0266. The molecule has 1 unspecified atom stereocenters. The Morgan fingerprint density at radius 2 is 0.811 bits per heavy atom. The van der Waals surface area contributed by atoms with Crippen molar-refractivity contribution < 1.29 is 9.53 Å². The van der Waals surface area contributed by atoms with E-state index in [2.05, 4.69) is 20.8 Å². The van der Waals surface area contributed by atoms with Crippen LogP contribution < -0.4 is 0 Å². The quantitative estimate of drug-likeness (QED) is 0.0668. The maximum Gasteiger partial charge on any atom is 0.305 e. The lowest BCUT2D eigenvalue weighted by molar-refractivity contribution is -0.143. The van der Waals surface area contributed by atoms with Gasteiger partial charge in [-0.2, -0.15) is 0 Å². The van der Waals surface area contributed by atoms with Crippen LogP contribution in [0.2, 0.25) is 0 Å². The molecule has 0 N–H and O–H groups in total. The van der Waals surface area contributed by atoms with E-state index in [9.17, 15) is 4.79 Å². The highest BCUT2D eigenvalue weighted by atomic mass is 16.5. The van der Waals surface area contributed by atoms with E-state index >= 15 is 0 Å². The molecule has 0 aliphatic carbocycles. The highest BCUT2D eigenvalue weighted by molar-refractivity contribution is 5.69. The van der Waals surface area contributed by atoms with E-state index in [0.29, 0.717) is 13.0 Å². The van der Waals surface area contributed by atoms with E-state index < -0.39 is 0 Å². The van der Waals surface area contributed by atoms with Gasteiger partial charge in [0, 0.05) is 6.42 Å². The number of unbranched alkanes of at least 4 members (excludes halogenated alkanes) is 23. The minimum absolute atomic E-state index is 0.0266. The monoisotopic (exact) mass is 523 g/mol. The minimum Gasteiger partial charge on any atom is -0.466 e. The summed E-state index contributed by atoms with van der Waals surface area (Å²) in [5, 5.41) is 0. The number of carbonyl (C=O) groups excluding carboxylic acids is 1. The zero-order valence-corrected chi connectivity index (χ0v) is 26.1. The van der Waals surface area contributed by atoms with Gasteiger partial charge < -0.3 is 4.74 Å². The van der Waals surface area contributed by atoms with Crippen molar-refractivity contribution in [3.05, 3.63) is 0 Å². The van der Waals surface area contributed by atoms with Crippen molar-refractivity contribution in [3.63, 3.8) is 0 Å². The Morgan fingerprint density at radius 1 is 0.459 bits per heavy atom. The Kier molecular flexibility index (Phi) is 31.2. The molecule has 222 valence electrons. The van der Waals surface area contributed by atoms with Crippen LogP contribution in [0.1, 0.15) is 207 Å². The van der Waals surface area contributed by atoms with Crippen LogP contribution >= 0.6 is 0 Å². The third kappa shape index (κ3) is 31.6. The van der Waals surface area contributed by atoms with Gasteiger partial charge in [0.1, 0.15) is 0 Å². The van der Waals surface area contributed by atoms with E-state index in [1.54, 1.807) is 0 Å². The second kappa shape index (κ2) is 31.7. The number of hydrogen-bond acceptors (Lipinski definition) is 2. The first kappa shape index (κ1) is 36.5. The molecule has 0 amide bonds. The zero-order valence-electron chi connectivity index (χ0n) is 26.1. The predicted molar refractivity (Wildman–Crippen MR) is 165 cm³/mol. The smallest absolute Gasteiger partial charge is 0.305 e. The Balaban J connectivity index is 3.18. The van der Waals surface area contributed by atoms with Gasteiger partial charge in [0.15, 0.2) is 0 Å². The van der Waals surface area contributed by atoms with E-state index in [-0.39, 0.29) is 5.97 Å². The predicted octanol–water partition coefficient (Wildman–Crippen LogP) is 12.5. The van der Waals surface area contributed by atoms with Crippen LogP contribution in [0, 0.1) is 5.92 Å². The fourth-order valence-electron chi connectivity index (χ4n) is 5.43. The lowest BCUT2D eigenvalue weighted by Gasteiger charge is -2.10. The van der Waals surface area contributed by atoms with Crippen LogP contribution in [0.25, 0.3) is 0 Å². The van der Waals surface area contributed by atoms with Crippen molar-refractivity contribution in [2.75, 3.05) is 6.61 Å². The van der Waals surface area contributed by atoms with Crippen molar-refractivity contribution in [2.24, 2.45) is 5.92 Å². The average Bonchev–Trinajstić information content (AvgIpc) is 2.90. The summed E-state index contributed by atoms with van der Waals surface area (Å²) in [5.41, 5.74) is 0. The molecule has 0 saturated heterocycles. The van der Waals surface area contributed by atoms with E-state index in [4.69, 9.17) is 4.74 Å². The zero-order chi connectivity index (χ0) is 27.1. The Hall–Kier alpha value is -0.530. The van der Waals surface area contributed by atoms with Gasteiger partial charge >= 0.3 is 5.97 Å². The fourth-order valence-corrected chi connectivity index (χ4v) is 5.43. The molecular formula is C35H70O2. The Morgan fingerprint density at radius 3 is 1.27 bits per heavy atom. The average molecular weight is 523 g/mol. The number of esters is 1. The van der Waals surface area contributed by atoms with Crippen LogP contribution in [0.4, 0.5) is 0 Å². The summed E-state index contributed by atoms with van der Waals surface area (Å²) in [6.07, 6.45) is 38.6. The molecule has 0 aliphatic rings. The summed E-state index contributed by atoms with van der Waals surface area (Å²) in [6, 6.07) is 0. The number of rotatable bonds is 31. The fraction of sp³-hybridized carbons (Fsp3) is 0.971. The van der Waals surface area contributed by atoms with Crippen molar-refractivity contribution in [3.8, 4) is 0 Å². The topological polar surface area (TPSA) is 26.3 Å². The molecule has 0 aliphatic heterocycles. The van der Waals surface area contributed by atoms with Gasteiger partial charge in [0.05, 0.1) is 6.61 Å². The van der Waals surface area contributed by atoms with Crippen LogP contribution in [0.3, 0.4) is 0 Å². The molecule has 0 aromatic rings. The molecule has 0 heterocycles. The van der Waals surface area contributed by atoms with Crippen LogP contribution in [-0.4, -0.2) is 12.6 Å². The second-order valence-corrected chi connectivity index (χ2v) is 12.1. The summed E-state index contributed by atoms with van der Waals surface area (Å²) in [7, 11) is 0. The van der Waals surface area contributed by atoms with Gasteiger partial charge in [0.2, 0.25) is 0 Å². The first-order valence-corrected chi connectivity index (χ1v) is 17.4. The molecule has 2 nitrogen and oxygen atoms in total. The Labute approximate surface area is 234 Å². The molecule has 0 radical (unpaired) electrons. The van der Waals surface area contributed by atoms with Gasteiger partial charge in [-0.1, -0.05) is 188 Å². The third-order valence-corrected chi connectivity index (χ3v) is 8.14. The van der Waals surface area contributed by atoms with Gasteiger partial charge in [-0.25, -0.2) is 0 Å². The molecule has 2 heteroatoms. The highest BCUT2D eigenvalue weighted by Crippen LogP contribution is 2.18. The molecule has 0 spiro atoms. The maximum absolute atomic E-state index is 11.9. The Bertz CT molecular complexity index is 433. The van der Waals surface area contributed by atoms with Gasteiger partial charge in [-0.05, 0) is 18.8 Å². The molecule has 0 aromatic heterocycles. The first-order chi connectivity index (χ1) is 18.2. The lowest BCUT2D eigenvalue weighted by Crippen LogP contribution is -2.05. The normalized spacial score (nSPS) is 12.2. The first-order valence-electron chi connectivity index (χ1n) is 17.4. The standard InChI is InChI=1S/C35H70O2/c1-4-6-8-9-10-11-12-13-14-17-20-23-26-29-33-37-35(36)32-28-25-22-19-16-15-18-21-24-27-31-34(3)30-7-5-2/h34H,4-33H2,1-3H3. The molecular weight excluding hydrogens is 452 g/mol. The van der Waals surface area contributed by atoms with E-state index in [1.165, 1.54) is 167 Å². The van der Waals surface area contributed by atoms with Crippen LogP contribution in [0.5, 0.6) is 0 Å². The second-order valence-electron chi connectivity index (χ2n) is 12.1. The summed E-state index contributed by atoms with van der Waals surface area (Å²) < 4.78 is 5.44. The molecule has 0 saturated carbocycles. The van der Waals surface area contributed by atoms with Crippen molar-refractivity contribution in [1.29, 1.82) is 0 Å². The van der Waals surface area contributed by atoms with Crippen LogP contribution in [0.15, 0.2) is 0 Å². The van der Waals surface area contributed by atoms with Gasteiger partial charge in [0.25, 0.3) is 0 Å². The van der Waals surface area contributed by atoms with Gasteiger partial charge in [-0.3, -0.25) is 4.79 Å². The van der Waals surface area contributed by atoms with Crippen LogP contribution in [-0.2, 0) is 9.53 Å². The number of carbonyl (C=O) groups is 1. The van der Waals surface area contributed by atoms with Crippen molar-refractivity contribution in [2.45, 2.75) is 207 Å². The summed E-state index contributed by atoms with van der Waals surface area (Å²) in [6.45, 7) is 7.64. The van der Waals surface area contributed by atoms with E-state index in [1.807, 2.05) is 0 Å². The SMILES string of the molecule is CCCCCCCCCCCCCCCCOC(=O)CCCCCCCCCCCCC(C)CCCC. The molecule has 0 fully saturated rings. The van der Waals surface area contributed by atoms with Gasteiger partial charge in [-0.15, -0.1) is 0 Å².